The van der Waals surface area contributed by atoms with Crippen LogP contribution < -0.4 is 10.6 Å². The van der Waals surface area contributed by atoms with Crippen LogP contribution in [0.3, 0.4) is 0 Å². The fourth-order valence-corrected chi connectivity index (χ4v) is 4.63. The van der Waals surface area contributed by atoms with E-state index in [4.69, 9.17) is 0 Å². The van der Waals surface area contributed by atoms with E-state index in [9.17, 15) is 19.8 Å². The van der Waals surface area contributed by atoms with Gasteiger partial charge in [0, 0.05) is 25.9 Å². The molecule has 2 saturated carbocycles. The molecule has 0 heterocycles. The van der Waals surface area contributed by atoms with E-state index in [-0.39, 0.29) is 17.2 Å². The molecule has 6 heteroatoms. The molecule has 2 rings (SSSR count). The molecule has 0 spiro atoms. The molecule has 162 valence electrons. The Balaban J connectivity index is 1.73. The largest absolute Gasteiger partial charge is 0.388 e. The molecule has 0 aromatic rings. The Bertz CT molecular complexity index is 557. The van der Waals surface area contributed by atoms with Crippen molar-refractivity contribution in [2.45, 2.75) is 96.7 Å². The molecule has 2 fully saturated rings. The molecular weight excluding hydrogens is 356 g/mol. The summed E-state index contributed by atoms with van der Waals surface area (Å²) in [4.78, 5) is 24.2. The average Bonchev–Trinajstić information content (AvgIpc) is 2.89. The van der Waals surface area contributed by atoms with Crippen molar-refractivity contribution in [1.82, 2.24) is 10.6 Å². The van der Waals surface area contributed by atoms with Crippen LogP contribution in [0.5, 0.6) is 0 Å². The Kier molecular flexibility index (Phi) is 7.54. The number of nitrogens with one attached hydrogen (secondary N) is 2. The molecule has 0 radical (unpaired) electrons. The predicted molar refractivity (Wildman–Crippen MR) is 110 cm³/mol. The Morgan fingerprint density at radius 3 is 2.21 bits per heavy atom. The van der Waals surface area contributed by atoms with Crippen molar-refractivity contribution >= 4 is 11.8 Å². The lowest BCUT2D eigenvalue weighted by Gasteiger charge is -2.37. The quantitative estimate of drug-likeness (QED) is 0.456. The monoisotopic (exact) mass is 396 g/mol. The number of amides is 2. The normalized spacial score (nSPS) is 26.8. The van der Waals surface area contributed by atoms with Gasteiger partial charge in [-0.15, -0.1) is 0 Å². The minimum Gasteiger partial charge on any atom is -0.388 e. The van der Waals surface area contributed by atoms with Crippen molar-refractivity contribution in [2.24, 2.45) is 17.3 Å². The molecule has 0 saturated heterocycles. The van der Waals surface area contributed by atoms with Crippen LogP contribution in [0.1, 0.15) is 85.5 Å². The van der Waals surface area contributed by atoms with Gasteiger partial charge in [-0.1, -0.05) is 27.7 Å². The summed E-state index contributed by atoms with van der Waals surface area (Å²) in [7, 11) is 0. The molecule has 4 N–H and O–H groups in total. The summed E-state index contributed by atoms with van der Waals surface area (Å²) in [6.45, 7) is 8.85. The van der Waals surface area contributed by atoms with Crippen LogP contribution in [0.25, 0.3) is 0 Å². The highest BCUT2D eigenvalue weighted by molar-refractivity contribution is 5.76. The number of aliphatic hydroxyl groups is 2. The van der Waals surface area contributed by atoms with Gasteiger partial charge in [-0.2, -0.15) is 0 Å². The van der Waals surface area contributed by atoms with E-state index in [1.807, 2.05) is 13.8 Å². The van der Waals surface area contributed by atoms with E-state index in [2.05, 4.69) is 24.5 Å². The zero-order valence-corrected chi connectivity index (χ0v) is 18.1. The second kappa shape index (κ2) is 9.12. The fraction of sp³-hybridized carbons (Fsp3) is 0.909. The molecular formula is C22H40N2O4. The molecule has 2 aliphatic carbocycles. The van der Waals surface area contributed by atoms with Gasteiger partial charge in [-0.25, -0.2) is 0 Å². The van der Waals surface area contributed by atoms with Crippen LogP contribution in [-0.2, 0) is 9.59 Å². The van der Waals surface area contributed by atoms with E-state index in [1.165, 1.54) is 0 Å². The highest BCUT2D eigenvalue weighted by atomic mass is 16.3. The highest BCUT2D eigenvalue weighted by Crippen LogP contribution is 2.42. The van der Waals surface area contributed by atoms with Crippen LogP contribution in [-0.4, -0.2) is 46.3 Å². The molecule has 0 bridgehead atoms. The molecule has 0 aromatic carbocycles. The Labute approximate surface area is 169 Å². The number of rotatable bonds is 10. The maximum absolute atomic E-state index is 12.3. The van der Waals surface area contributed by atoms with Crippen molar-refractivity contribution in [3.63, 3.8) is 0 Å². The van der Waals surface area contributed by atoms with Crippen LogP contribution in [0, 0.1) is 17.3 Å². The Hall–Kier alpha value is -1.14. The summed E-state index contributed by atoms with van der Waals surface area (Å²) in [5, 5.41) is 26.7. The number of hydrogen-bond donors (Lipinski definition) is 4. The van der Waals surface area contributed by atoms with E-state index in [0.717, 1.165) is 32.1 Å². The second-order valence-corrected chi connectivity index (χ2v) is 10.6. The Morgan fingerprint density at radius 2 is 1.64 bits per heavy atom. The lowest BCUT2D eigenvalue weighted by atomic mass is 9.78. The van der Waals surface area contributed by atoms with E-state index in [0.29, 0.717) is 50.6 Å². The SMILES string of the molecule is CC(C)CC(=O)NCC1(O)CCC(CC(C)(C)CC(=O)NCC2(O)CCC2)C1. The summed E-state index contributed by atoms with van der Waals surface area (Å²) >= 11 is 0. The fourth-order valence-electron chi connectivity index (χ4n) is 4.63. The summed E-state index contributed by atoms with van der Waals surface area (Å²) in [6.07, 6.45) is 6.61. The highest BCUT2D eigenvalue weighted by Gasteiger charge is 2.40. The molecule has 28 heavy (non-hydrogen) atoms. The van der Waals surface area contributed by atoms with Crippen LogP contribution in [0.15, 0.2) is 0 Å². The van der Waals surface area contributed by atoms with Crippen molar-refractivity contribution in [3.05, 3.63) is 0 Å². The summed E-state index contributed by atoms with van der Waals surface area (Å²) in [5.74, 6) is 0.644. The molecule has 2 atom stereocenters. The standard InChI is InChI=1S/C22H40N2O4/c1-16(2)10-18(25)23-15-22(28)9-6-17(12-22)11-20(3,4)13-19(26)24-14-21(27)7-5-8-21/h16-17,27-28H,5-15H2,1-4H3,(H,23,25)(H,24,26). The van der Waals surface area contributed by atoms with Crippen molar-refractivity contribution < 1.29 is 19.8 Å². The van der Waals surface area contributed by atoms with Gasteiger partial charge in [0.15, 0.2) is 0 Å². The van der Waals surface area contributed by atoms with Crippen molar-refractivity contribution in [3.8, 4) is 0 Å². The predicted octanol–water partition coefficient (Wildman–Crippen LogP) is 2.52. The number of hydrogen-bond acceptors (Lipinski definition) is 4. The first kappa shape index (κ1) is 23.1. The van der Waals surface area contributed by atoms with Gasteiger partial charge in [0.05, 0.1) is 11.2 Å². The first-order chi connectivity index (χ1) is 12.9. The zero-order chi connectivity index (χ0) is 21.0. The van der Waals surface area contributed by atoms with Gasteiger partial charge < -0.3 is 20.8 Å². The molecule has 2 amide bonds. The van der Waals surface area contributed by atoms with Gasteiger partial charge in [-0.3, -0.25) is 9.59 Å². The molecule has 0 aromatic heterocycles. The Morgan fingerprint density at radius 1 is 1.04 bits per heavy atom. The number of carbonyl (C=O) groups is 2. The third-order valence-electron chi connectivity index (χ3n) is 6.27. The van der Waals surface area contributed by atoms with Crippen molar-refractivity contribution in [1.29, 1.82) is 0 Å². The summed E-state index contributed by atoms with van der Waals surface area (Å²) < 4.78 is 0. The summed E-state index contributed by atoms with van der Waals surface area (Å²) in [5.41, 5.74) is -1.69. The van der Waals surface area contributed by atoms with E-state index < -0.39 is 11.2 Å². The van der Waals surface area contributed by atoms with E-state index >= 15 is 0 Å². The smallest absolute Gasteiger partial charge is 0.220 e. The lowest BCUT2D eigenvalue weighted by Crippen LogP contribution is -2.48. The third-order valence-corrected chi connectivity index (χ3v) is 6.27. The minimum absolute atomic E-state index is 0.00278. The lowest BCUT2D eigenvalue weighted by molar-refractivity contribution is -0.126. The van der Waals surface area contributed by atoms with Gasteiger partial charge in [0.1, 0.15) is 0 Å². The van der Waals surface area contributed by atoms with Crippen LogP contribution in [0.4, 0.5) is 0 Å². The van der Waals surface area contributed by atoms with Crippen LogP contribution >= 0.6 is 0 Å². The van der Waals surface area contributed by atoms with Crippen LogP contribution in [0.2, 0.25) is 0 Å². The van der Waals surface area contributed by atoms with Gasteiger partial charge >= 0.3 is 0 Å². The second-order valence-electron chi connectivity index (χ2n) is 10.6. The third kappa shape index (κ3) is 7.36. The zero-order valence-electron chi connectivity index (χ0n) is 18.1. The molecule has 2 unspecified atom stereocenters. The topological polar surface area (TPSA) is 98.7 Å². The maximum atomic E-state index is 12.3. The van der Waals surface area contributed by atoms with E-state index in [1.54, 1.807) is 0 Å². The first-order valence-electron chi connectivity index (χ1n) is 10.9. The van der Waals surface area contributed by atoms with Gasteiger partial charge in [-0.05, 0) is 62.2 Å². The van der Waals surface area contributed by atoms with Gasteiger partial charge in [0.2, 0.25) is 11.8 Å². The molecule has 0 aliphatic heterocycles. The minimum atomic E-state index is -0.830. The first-order valence-corrected chi connectivity index (χ1v) is 10.9. The average molecular weight is 397 g/mol. The maximum Gasteiger partial charge on any atom is 0.220 e. The summed E-state index contributed by atoms with van der Waals surface area (Å²) in [6, 6.07) is 0. The van der Waals surface area contributed by atoms with Gasteiger partial charge in [0.25, 0.3) is 0 Å². The molecule has 2 aliphatic rings. The number of carbonyl (C=O) groups excluding carboxylic acids is 2. The van der Waals surface area contributed by atoms with Crippen molar-refractivity contribution in [2.75, 3.05) is 13.1 Å². The molecule has 6 nitrogen and oxygen atoms in total.